The Hall–Kier alpha value is -1.67. The molecular formula is C14H20FN3O3S. The molecule has 1 aromatic carbocycles. The lowest BCUT2D eigenvalue weighted by Gasteiger charge is -2.40. The second-order valence-corrected chi connectivity index (χ2v) is 7.99. The lowest BCUT2D eigenvalue weighted by molar-refractivity contribution is -0.121. The van der Waals surface area contributed by atoms with Crippen LogP contribution in [0.15, 0.2) is 24.3 Å². The van der Waals surface area contributed by atoms with E-state index in [-0.39, 0.29) is 18.9 Å². The first-order valence-electron chi connectivity index (χ1n) is 7.04. The van der Waals surface area contributed by atoms with Gasteiger partial charge in [-0.3, -0.25) is 4.79 Å². The van der Waals surface area contributed by atoms with Crippen molar-refractivity contribution in [2.45, 2.75) is 25.1 Å². The van der Waals surface area contributed by atoms with Gasteiger partial charge in [0.05, 0.1) is 5.25 Å². The average molecular weight is 329 g/mol. The number of halogens is 1. The van der Waals surface area contributed by atoms with Gasteiger partial charge in [-0.2, -0.15) is 4.31 Å². The van der Waals surface area contributed by atoms with Crippen LogP contribution in [0.25, 0.3) is 0 Å². The lowest BCUT2D eigenvalue weighted by atomic mass is 10.1. The maximum absolute atomic E-state index is 13.0. The minimum Gasteiger partial charge on any atom is -0.368 e. The van der Waals surface area contributed by atoms with Gasteiger partial charge in [-0.15, -0.1) is 0 Å². The molecule has 1 aromatic rings. The van der Waals surface area contributed by atoms with Gasteiger partial charge in [0.15, 0.2) is 0 Å². The highest BCUT2D eigenvalue weighted by molar-refractivity contribution is 7.89. The predicted octanol–water partition coefficient (Wildman–Crippen LogP) is 0.540. The Morgan fingerprint density at radius 2 is 1.86 bits per heavy atom. The molecule has 0 aromatic heterocycles. The number of hydrogen-bond donors (Lipinski definition) is 1. The van der Waals surface area contributed by atoms with E-state index in [2.05, 4.69) is 0 Å². The van der Waals surface area contributed by atoms with Gasteiger partial charge in [-0.05, 0) is 38.1 Å². The summed E-state index contributed by atoms with van der Waals surface area (Å²) in [6.07, 6.45) is 0. The van der Waals surface area contributed by atoms with Crippen LogP contribution in [-0.4, -0.2) is 49.6 Å². The molecule has 1 aliphatic rings. The molecule has 1 unspecified atom stereocenters. The number of rotatable bonds is 4. The maximum Gasteiger partial charge on any atom is 0.237 e. The maximum atomic E-state index is 13.0. The van der Waals surface area contributed by atoms with Crippen molar-refractivity contribution in [1.82, 2.24) is 4.31 Å². The van der Waals surface area contributed by atoms with Gasteiger partial charge in [0, 0.05) is 25.3 Å². The summed E-state index contributed by atoms with van der Waals surface area (Å²) in [5.74, 6) is -1.03. The number of nitrogens with zero attached hydrogens (tertiary/aromatic N) is 2. The number of anilines is 1. The zero-order chi connectivity index (χ0) is 16.5. The molecule has 1 atom stereocenters. The van der Waals surface area contributed by atoms with Gasteiger partial charge in [0.2, 0.25) is 15.9 Å². The van der Waals surface area contributed by atoms with Crippen LogP contribution in [0.1, 0.15) is 13.8 Å². The van der Waals surface area contributed by atoms with E-state index in [1.165, 1.54) is 16.4 Å². The smallest absolute Gasteiger partial charge is 0.237 e. The fourth-order valence-corrected chi connectivity index (χ4v) is 3.86. The molecular weight excluding hydrogens is 309 g/mol. The number of primary amides is 1. The summed E-state index contributed by atoms with van der Waals surface area (Å²) < 4.78 is 38.8. The molecule has 1 heterocycles. The summed E-state index contributed by atoms with van der Waals surface area (Å²) in [7, 11) is -3.56. The normalized spacial score (nSPS) is 20.4. The van der Waals surface area contributed by atoms with Crippen molar-refractivity contribution >= 4 is 21.6 Å². The van der Waals surface area contributed by atoms with E-state index < -0.39 is 27.2 Å². The van der Waals surface area contributed by atoms with Crippen LogP contribution in [0.5, 0.6) is 0 Å². The van der Waals surface area contributed by atoms with Crippen LogP contribution in [0.3, 0.4) is 0 Å². The second-order valence-electron chi connectivity index (χ2n) is 5.55. The minimum atomic E-state index is -3.56. The van der Waals surface area contributed by atoms with Crippen molar-refractivity contribution in [3.63, 3.8) is 0 Å². The van der Waals surface area contributed by atoms with E-state index in [0.717, 1.165) is 5.69 Å². The van der Waals surface area contributed by atoms with Crippen molar-refractivity contribution in [3.8, 4) is 0 Å². The Bertz CT molecular complexity index is 646. The molecule has 1 amide bonds. The second kappa shape index (κ2) is 6.21. The summed E-state index contributed by atoms with van der Waals surface area (Å²) in [5, 5.41) is -0.619. The molecule has 0 radical (unpaired) electrons. The molecule has 2 N–H and O–H groups in total. The number of carbonyl (C=O) groups excluding carboxylic acids is 1. The van der Waals surface area contributed by atoms with Crippen LogP contribution >= 0.6 is 0 Å². The van der Waals surface area contributed by atoms with Crippen LogP contribution in [-0.2, 0) is 14.8 Å². The SMILES string of the molecule is CC(C)S(=O)(=O)N1CCN(c2ccc(F)cc2)CC1C(N)=O. The van der Waals surface area contributed by atoms with Crippen molar-refractivity contribution in [3.05, 3.63) is 30.1 Å². The van der Waals surface area contributed by atoms with Gasteiger partial charge in [-0.1, -0.05) is 0 Å². The van der Waals surface area contributed by atoms with Gasteiger partial charge in [-0.25, -0.2) is 12.8 Å². The quantitative estimate of drug-likeness (QED) is 0.874. The molecule has 0 aliphatic carbocycles. The van der Waals surface area contributed by atoms with E-state index in [9.17, 15) is 17.6 Å². The third kappa shape index (κ3) is 3.22. The number of hydrogen-bond acceptors (Lipinski definition) is 4. The molecule has 1 aliphatic heterocycles. The van der Waals surface area contributed by atoms with Gasteiger partial charge >= 0.3 is 0 Å². The molecule has 0 spiro atoms. The summed E-state index contributed by atoms with van der Waals surface area (Å²) in [6, 6.07) is 4.92. The van der Waals surface area contributed by atoms with Gasteiger partial charge in [0.25, 0.3) is 0 Å². The van der Waals surface area contributed by atoms with E-state index in [1.807, 2.05) is 4.90 Å². The van der Waals surface area contributed by atoms with E-state index >= 15 is 0 Å². The first kappa shape index (κ1) is 16.7. The molecule has 8 heteroatoms. The van der Waals surface area contributed by atoms with Crippen LogP contribution in [0.4, 0.5) is 10.1 Å². The Kier molecular flexibility index (Phi) is 4.72. The summed E-state index contributed by atoms with van der Waals surface area (Å²) in [4.78, 5) is 13.5. The van der Waals surface area contributed by atoms with Gasteiger partial charge in [0.1, 0.15) is 11.9 Å². The fourth-order valence-electron chi connectivity index (χ4n) is 2.46. The Morgan fingerprint density at radius 1 is 1.27 bits per heavy atom. The molecule has 122 valence electrons. The first-order valence-corrected chi connectivity index (χ1v) is 8.54. The molecule has 2 rings (SSSR count). The lowest BCUT2D eigenvalue weighted by Crippen LogP contribution is -2.61. The predicted molar refractivity (Wildman–Crippen MR) is 82.4 cm³/mol. The van der Waals surface area contributed by atoms with E-state index in [4.69, 9.17) is 5.73 Å². The fraction of sp³-hybridized carbons (Fsp3) is 0.500. The summed E-state index contributed by atoms with van der Waals surface area (Å²) >= 11 is 0. The number of sulfonamides is 1. The number of carbonyl (C=O) groups is 1. The molecule has 22 heavy (non-hydrogen) atoms. The molecule has 1 fully saturated rings. The van der Waals surface area contributed by atoms with Crippen LogP contribution < -0.4 is 10.6 Å². The molecule has 1 saturated heterocycles. The highest BCUT2D eigenvalue weighted by Crippen LogP contribution is 2.23. The van der Waals surface area contributed by atoms with Crippen molar-refractivity contribution in [2.75, 3.05) is 24.5 Å². The third-order valence-corrected chi connectivity index (χ3v) is 6.06. The highest BCUT2D eigenvalue weighted by Gasteiger charge is 2.39. The van der Waals surface area contributed by atoms with Crippen molar-refractivity contribution in [1.29, 1.82) is 0 Å². The Labute approximate surface area is 129 Å². The number of nitrogens with two attached hydrogens (primary N) is 1. The summed E-state index contributed by atoms with van der Waals surface area (Å²) in [6.45, 7) is 3.89. The number of amides is 1. The standard InChI is InChI=1S/C14H20FN3O3S/c1-10(2)22(20,21)18-8-7-17(9-13(18)14(16)19)12-5-3-11(15)4-6-12/h3-6,10,13H,7-9H2,1-2H3,(H2,16,19). The molecule has 0 bridgehead atoms. The topological polar surface area (TPSA) is 83.7 Å². The van der Waals surface area contributed by atoms with Crippen LogP contribution in [0, 0.1) is 5.82 Å². The monoisotopic (exact) mass is 329 g/mol. The van der Waals surface area contributed by atoms with Gasteiger partial charge < -0.3 is 10.6 Å². The van der Waals surface area contributed by atoms with Crippen molar-refractivity contribution in [2.24, 2.45) is 5.73 Å². The van der Waals surface area contributed by atoms with E-state index in [1.54, 1.807) is 26.0 Å². The number of benzene rings is 1. The highest BCUT2D eigenvalue weighted by atomic mass is 32.2. The Balaban J connectivity index is 2.25. The first-order chi connectivity index (χ1) is 10.2. The number of piperazine rings is 1. The molecule has 0 saturated carbocycles. The zero-order valence-corrected chi connectivity index (χ0v) is 13.4. The minimum absolute atomic E-state index is 0.160. The summed E-state index contributed by atoms with van der Waals surface area (Å²) in [5.41, 5.74) is 6.12. The Morgan fingerprint density at radius 3 is 2.36 bits per heavy atom. The van der Waals surface area contributed by atoms with E-state index in [0.29, 0.717) is 6.54 Å². The van der Waals surface area contributed by atoms with Crippen LogP contribution in [0.2, 0.25) is 0 Å². The average Bonchev–Trinajstić information content (AvgIpc) is 2.47. The third-order valence-electron chi connectivity index (χ3n) is 3.77. The zero-order valence-electron chi connectivity index (χ0n) is 12.6. The van der Waals surface area contributed by atoms with Crippen molar-refractivity contribution < 1.29 is 17.6 Å². The molecule has 6 nitrogen and oxygen atoms in total. The largest absolute Gasteiger partial charge is 0.368 e.